The van der Waals surface area contributed by atoms with Crippen molar-refractivity contribution in [3.63, 3.8) is 0 Å². The van der Waals surface area contributed by atoms with Gasteiger partial charge in [0.15, 0.2) is 18.5 Å². The normalized spacial score (nSPS) is 24.2. The van der Waals surface area contributed by atoms with Gasteiger partial charge in [-0.2, -0.15) is 0 Å². The van der Waals surface area contributed by atoms with Crippen molar-refractivity contribution in [2.75, 3.05) is 6.61 Å². The molecule has 12 nitrogen and oxygen atoms in total. The molecule has 0 saturated carbocycles. The molecular formula is C20H26BNO11. The standard InChI is InChI=1S/C20H26BNO11/c1-11(23)22-17-19(30-14(4)26)18(29-13(3)25)16(10-28-12(2)24)31-20(17)33-21(27)32-15-8-6-5-7-9-15/h5-9,16-20,27H,10H2,1-4H3,(H,22,23)/t16-,17-,18-,19-,20?/m1/s1. The van der Waals surface area contributed by atoms with Crippen molar-refractivity contribution in [2.24, 2.45) is 0 Å². The SMILES string of the molecule is CC(=O)N[C@H]1C(OB(O)Oc2ccccc2)O[C@H](COC(C)=O)[C@@H](OC(C)=O)[C@@H]1OC(C)=O. The molecule has 1 aliphatic heterocycles. The van der Waals surface area contributed by atoms with Crippen LogP contribution in [0.25, 0.3) is 0 Å². The Morgan fingerprint density at radius 3 is 2.12 bits per heavy atom. The Balaban J connectivity index is 2.34. The Bertz CT molecular complexity index is 837. The number of benzene rings is 1. The van der Waals surface area contributed by atoms with Crippen LogP contribution in [0.3, 0.4) is 0 Å². The first-order valence-corrected chi connectivity index (χ1v) is 10.0. The van der Waals surface area contributed by atoms with Crippen LogP contribution in [0.1, 0.15) is 27.7 Å². The van der Waals surface area contributed by atoms with E-state index in [4.69, 9.17) is 28.3 Å². The minimum absolute atomic E-state index is 0.280. The van der Waals surface area contributed by atoms with Gasteiger partial charge in [0.1, 0.15) is 24.5 Å². The fourth-order valence-electron chi connectivity index (χ4n) is 3.16. The molecule has 0 aliphatic carbocycles. The highest BCUT2D eigenvalue weighted by Crippen LogP contribution is 2.28. The molecule has 0 spiro atoms. The summed E-state index contributed by atoms with van der Waals surface area (Å²) in [7, 11) is -1.86. The van der Waals surface area contributed by atoms with Crippen LogP contribution in [0, 0.1) is 0 Å². The van der Waals surface area contributed by atoms with Crippen LogP contribution >= 0.6 is 0 Å². The maximum Gasteiger partial charge on any atom is 0.712 e. The van der Waals surface area contributed by atoms with Crippen LogP contribution in [0.2, 0.25) is 0 Å². The van der Waals surface area contributed by atoms with Crippen LogP contribution in [-0.2, 0) is 42.8 Å². The van der Waals surface area contributed by atoms with E-state index >= 15 is 0 Å². The lowest BCUT2D eigenvalue weighted by molar-refractivity contribution is -0.262. The number of rotatable bonds is 9. The van der Waals surface area contributed by atoms with E-state index in [-0.39, 0.29) is 5.75 Å². The van der Waals surface area contributed by atoms with Crippen molar-refractivity contribution in [3.05, 3.63) is 30.3 Å². The number of amides is 1. The summed E-state index contributed by atoms with van der Waals surface area (Å²) in [6.45, 7) is 4.22. The summed E-state index contributed by atoms with van der Waals surface area (Å²) in [5.74, 6) is -2.39. The molecule has 1 aliphatic rings. The summed E-state index contributed by atoms with van der Waals surface area (Å²) in [5.41, 5.74) is 0. The number of hydrogen-bond donors (Lipinski definition) is 2. The third-order valence-electron chi connectivity index (χ3n) is 4.30. The van der Waals surface area contributed by atoms with Gasteiger partial charge in [-0.05, 0) is 12.1 Å². The summed E-state index contributed by atoms with van der Waals surface area (Å²) >= 11 is 0. The molecule has 2 rings (SSSR count). The van der Waals surface area contributed by atoms with E-state index in [1.54, 1.807) is 30.3 Å². The number of hydrogen-bond acceptors (Lipinski definition) is 11. The first-order valence-electron chi connectivity index (χ1n) is 10.0. The first-order chi connectivity index (χ1) is 15.6. The first kappa shape index (κ1) is 26.1. The molecule has 0 bridgehead atoms. The van der Waals surface area contributed by atoms with Crippen LogP contribution in [0.5, 0.6) is 5.75 Å². The molecule has 0 aromatic heterocycles. The number of esters is 3. The Hall–Kier alpha value is -3.16. The molecule has 1 unspecified atom stereocenters. The van der Waals surface area contributed by atoms with Crippen molar-refractivity contribution in [1.29, 1.82) is 0 Å². The van der Waals surface area contributed by atoms with E-state index in [0.29, 0.717) is 0 Å². The summed E-state index contributed by atoms with van der Waals surface area (Å²) in [5, 5.41) is 12.8. The molecule has 1 fully saturated rings. The molecule has 5 atom stereocenters. The highest BCUT2D eigenvalue weighted by atomic mass is 16.8. The zero-order chi connectivity index (χ0) is 24.5. The van der Waals surface area contributed by atoms with Crippen LogP contribution in [-0.4, -0.2) is 73.4 Å². The van der Waals surface area contributed by atoms with E-state index in [1.165, 1.54) is 13.8 Å². The zero-order valence-electron chi connectivity index (χ0n) is 18.6. The van der Waals surface area contributed by atoms with Crippen molar-refractivity contribution >= 4 is 31.1 Å². The minimum atomic E-state index is -1.86. The fourth-order valence-corrected chi connectivity index (χ4v) is 3.16. The minimum Gasteiger partial charge on any atom is -0.512 e. The number of carbonyl (C=O) groups is 4. The second-order valence-electron chi connectivity index (χ2n) is 7.09. The molecule has 1 heterocycles. The molecule has 1 amide bonds. The average molecular weight is 467 g/mol. The molecule has 1 aromatic rings. The number of carbonyl (C=O) groups excluding carboxylic acids is 4. The van der Waals surface area contributed by atoms with Crippen LogP contribution in [0.4, 0.5) is 0 Å². The predicted molar refractivity (Wildman–Crippen MR) is 110 cm³/mol. The smallest absolute Gasteiger partial charge is 0.512 e. The molecule has 33 heavy (non-hydrogen) atoms. The highest BCUT2D eigenvalue weighted by Gasteiger charge is 2.52. The van der Waals surface area contributed by atoms with Gasteiger partial charge >= 0.3 is 25.2 Å². The van der Waals surface area contributed by atoms with Gasteiger partial charge in [-0.25, -0.2) is 0 Å². The monoisotopic (exact) mass is 467 g/mol. The number of para-hydroxylation sites is 1. The second-order valence-corrected chi connectivity index (χ2v) is 7.09. The van der Waals surface area contributed by atoms with Crippen molar-refractivity contribution < 1.29 is 52.5 Å². The highest BCUT2D eigenvalue weighted by molar-refractivity contribution is 6.35. The predicted octanol–water partition coefficient (Wildman–Crippen LogP) is -0.285. The lowest BCUT2D eigenvalue weighted by Crippen LogP contribution is -2.67. The van der Waals surface area contributed by atoms with Gasteiger partial charge in [0.05, 0.1) is 0 Å². The van der Waals surface area contributed by atoms with Gasteiger partial charge in [-0.1, -0.05) is 18.2 Å². The molecule has 1 saturated heterocycles. The summed E-state index contributed by atoms with van der Waals surface area (Å²) in [6, 6.07) is 7.01. The Labute approximate surface area is 190 Å². The lowest BCUT2D eigenvalue weighted by atomic mass is 9.95. The Morgan fingerprint density at radius 2 is 1.58 bits per heavy atom. The van der Waals surface area contributed by atoms with Crippen molar-refractivity contribution in [3.8, 4) is 5.75 Å². The van der Waals surface area contributed by atoms with E-state index in [2.05, 4.69) is 5.32 Å². The largest absolute Gasteiger partial charge is 0.712 e. The van der Waals surface area contributed by atoms with Gasteiger partial charge < -0.3 is 38.6 Å². The third kappa shape index (κ3) is 8.37. The number of ether oxygens (including phenoxy) is 4. The molecule has 2 N–H and O–H groups in total. The van der Waals surface area contributed by atoms with Crippen LogP contribution in [0.15, 0.2) is 30.3 Å². The maximum absolute atomic E-state index is 11.9. The molecule has 180 valence electrons. The summed E-state index contributed by atoms with van der Waals surface area (Å²) < 4.78 is 32.1. The Kier molecular flexibility index (Phi) is 9.64. The van der Waals surface area contributed by atoms with Gasteiger partial charge in [-0.15, -0.1) is 0 Å². The Morgan fingerprint density at radius 1 is 0.970 bits per heavy atom. The second kappa shape index (κ2) is 12.2. The number of nitrogens with one attached hydrogen (secondary N) is 1. The lowest BCUT2D eigenvalue weighted by Gasteiger charge is -2.45. The fraction of sp³-hybridized carbons (Fsp3) is 0.500. The molecule has 1 aromatic carbocycles. The van der Waals surface area contributed by atoms with E-state index in [9.17, 15) is 24.2 Å². The molecule has 0 radical (unpaired) electrons. The average Bonchev–Trinajstić information content (AvgIpc) is 2.70. The van der Waals surface area contributed by atoms with E-state index in [0.717, 1.165) is 13.8 Å². The van der Waals surface area contributed by atoms with Gasteiger partial charge in [0.2, 0.25) is 5.91 Å². The summed E-state index contributed by atoms with van der Waals surface area (Å²) in [6.07, 6.45) is -5.20. The maximum atomic E-state index is 11.9. The topological polar surface area (TPSA) is 156 Å². The quantitative estimate of drug-likeness (QED) is 0.280. The van der Waals surface area contributed by atoms with E-state index in [1.807, 2.05) is 0 Å². The van der Waals surface area contributed by atoms with Gasteiger partial charge in [0, 0.05) is 27.7 Å². The summed E-state index contributed by atoms with van der Waals surface area (Å²) in [4.78, 5) is 46.7. The van der Waals surface area contributed by atoms with Gasteiger partial charge in [0.25, 0.3) is 0 Å². The van der Waals surface area contributed by atoms with Crippen molar-refractivity contribution in [1.82, 2.24) is 5.32 Å². The zero-order valence-corrected chi connectivity index (χ0v) is 18.6. The van der Waals surface area contributed by atoms with Crippen LogP contribution < -0.4 is 9.97 Å². The van der Waals surface area contributed by atoms with E-state index < -0.39 is 68.4 Å². The molecule has 13 heteroatoms. The van der Waals surface area contributed by atoms with Crippen molar-refractivity contribution in [2.45, 2.75) is 58.3 Å². The molecular weight excluding hydrogens is 441 g/mol. The van der Waals surface area contributed by atoms with Gasteiger partial charge in [-0.3, -0.25) is 19.2 Å². The third-order valence-corrected chi connectivity index (χ3v) is 4.30.